The Balaban J connectivity index is 1.43. The number of ether oxygens (including phenoxy) is 1. The lowest BCUT2D eigenvalue weighted by Crippen LogP contribution is -2.54. The fourth-order valence-corrected chi connectivity index (χ4v) is 4.95. The average molecular weight is 344 g/mol. The van der Waals surface area contributed by atoms with Gasteiger partial charge in [0.1, 0.15) is 0 Å². The number of carbonyl (C=O) groups excluding carboxylic acids is 1. The SMILES string of the molecule is CO[C@@]12CC[C@@H](O)C[C@@H]1N(C(=O)CN1CCc3ccccc3C1)CC2. The van der Waals surface area contributed by atoms with Crippen LogP contribution >= 0.6 is 0 Å². The molecular weight excluding hydrogens is 316 g/mol. The van der Waals surface area contributed by atoms with Gasteiger partial charge in [-0.25, -0.2) is 0 Å². The molecule has 3 aliphatic rings. The first-order valence-corrected chi connectivity index (χ1v) is 9.43. The van der Waals surface area contributed by atoms with E-state index >= 15 is 0 Å². The first kappa shape index (κ1) is 17.0. The molecule has 1 aromatic carbocycles. The standard InChI is InChI=1S/C20H28N2O3/c1-25-20-8-6-17(23)12-18(20)22(11-9-20)19(24)14-21-10-7-15-4-2-3-5-16(15)13-21/h2-5,17-18,23H,6-14H2,1H3/t17-,18+,20-/m1/s1. The molecule has 1 aromatic rings. The van der Waals surface area contributed by atoms with Crippen LogP contribution in [-0.2, 0) is 22.5 Å². The van der Waals surface area contributed by atoms with E-state index in [2.05, 4.69) is 29.2 Å². The van der Waals surface area contributed by atoms with Gasteiger partial charge in [-0.2, -0.15) is 0 Å². The zero-order valence-electron chi connectivity index (χ0n) is 15.0. The maximum absolute atomic E-state index is 13.0. The number of likely N-dealkylation sites (tertiary alicyclic amines) is 1. The van der Waals surface area contributed by atoms with Crippen molar-refractivity contribution in [2.75, 3.05) is 26.7 Å². The summed E-state index contributed by atoms with van der Waals surface area (Å²) < 4.78 is 5.85. The normalized spacial score (nSPS) is 32.3. The molecule has 1 amide bonds. The second-order valence-electron chi connectivity index (χ2n) is 7.78. The zero-order chi connectivity index (χ0) is 17.4. The molecule has 1 saturated heterocycles. The molecule has 2 aliphatic heterocycles. The molecule has 136 valence electrons. The summed E-state index contributed by atoms with van der Waals surface area (Å²) in [7, 11) is 1.75. The molecule has 0 unspecified atom stereocenters. The summed E-state index contributed by atoms with van der Waals surface area (Å²) in [6.45, 7) is 2.98. The van der Waals surface area contributed by atoms with Crippen LogP contribution in [0, 0.1) is 0 Å². The van der Waals surface area contributed by atoms with Crippen molar-refractivity contribution in [2.24, 2.45) is 0 Å². The van der Waals surface area contributed by atoms with E-state index in [1.165, 1.54) is 11.1 Å². The van der Waals surface area contributed by atoms with Crippen LogP contribution in [0.1, 0.15) is 36.8 Å². The Hall–Kier alpha value is -1.43. The largest absolute Gasteiger partial charge is 0.393 e. The third-order valence-electron chi connectivity index (χ3n) is 6.45. The average Bonchev–Trinajstić information content (AvgIpc) is 3.01. The summed E-state index contributed by atoms with van der Waals surface area (Å²) in [4.78, 5) is 17.2. The molecule has 0 aromatic heterocycles. The molecule has 5 heteroatoms. The van der Waals surface area contributed by atoms with E-state index in [0.717, 1.165) is 45.3 Å². The van der Waals surface area contributed by atoms with Crippen molar-refractivity contribution in [3.63, 3.8) is 0 Å². The van der Waals surface area contributed by atoms with Gasteiger partial charge in [0.15, 0.2) is 0 Å². The highest BCUT2D eigenvalue weighted by molar-refractivity contribution is 5.79. The van der Waals surface area contributed by atoms with Crippen molar-refractivity contribution in [1.29, 1.82) is 0 Å². The van der Waals surface area contributed by atoms with Gasteiger partial charge in [-0.1, -0.05) is 24.3 Å². The number of rotatable bonds is 3. The van der Waals surface area contributed by atoms with Crippen LogP contribution in [0.5, 0.6) is 0 Å². The lowest BCUT2D eigenvalue weighted by molar-refractivity contribution is -0.141. The van der Waals surface area contributed by atoms with Crippen molar-refractivity contribution in [1.82, 2.24) is 9.80 Å². The van der Waals surface area contributed by atoms with E-state index in [1.807, 2.05) is 4.90 Å². The molecule has 0 spiro atoms. The van der Waals surface area contributed by atoms with Crippen molar-refractivity contribution < 1.29 is 14.6 Å². The van der Waals surface area contributed by atoms with Gasteiger partial charge in [-0.3, -0.25) is 9.69 Å². The molecule has 1 N–H and O–H groups in total. The first-order valence-electron chi connectivity index (χ1n) is 9.43. The first-order chi connectivity index (χ1) is 12.1. The number of fused-ring (bicyclic) bond motifs is 2. The Labute approximate surface area is 149 Å². The quantitative estimate of drug-likeness (QED) is 0.904. The second kappa shape index (κ2) is 6.71. The van der Waals surface area contributed by atoms with Crippen LogP contribution in [0.25, 0.3) is 0 Å². The fourth-order valence-electron chi connectivity index (χ4n) is 4.95. The number of hydrogen-bond acceptors (Lipinski definition) is 4. The van der Waals surface area contributed by atoms with Gasteiger partial charge < -0.3 is 14.7 Å². The van der Waals surface area contributed by atoms with Gasteiger partial charge in [0.05, 0.1) is 24.3 Å². The van der Waals surface area contributed by atoms with E-state index in [4.69, 9.17) is 4.74 Å². The van der Waals surface area contributed by atoms with Gasteiger partial charge >= 0.3 is 0 Å². The summed E-state index contributed by atoms with van der Waals surface area (Å²) in [5, 5.41) is 10.1. The summed E-state index contributed by atoms with van der Waals surface area (Å²) in [5.41, 5.74) is 2.49. The van der Waals surface area contributed by atoms with Crippen molar-refractivity contribution in [3.05, 3.63) is 35.4 Å². The zero-order valence-corrected chi connectivity index (χ0v) is 15.0. The molecule has 0 radical (unpaired) electrons. The number of amides is 1. The van der Waals surface area contributed by atoms with Gasteiger partial charge in [0.25, 0.3) is 0 Å². The Morgan fingerprint density at radius 3 is 2.88 bits per heavy atom. The maximum Gasteiger partial charge on any atom is 0.237 e. The van der Waals surface area contributed by atoms with Gasteiger partial charge in [-0.05, 0) is 43.2 Å². The Morgan fingerprint density at radius 1 is 1.28 bits per heavy atom. The number of hydrogen-bond donors (Lipinski definition) is 1. The van der Waals surface area contributed by atoms with Gasteiger partial charge in [0.2, 0.25) is 5.91 Å². The highest BCUT2D eigenvalue weighted by Crippen LogP contribution is 2.42. The minimum absolute atomic E-state index is 0.0193. The number of aliphatic hydroxyl groups excluding tert-OH is 1. The molecule has 1 aliphatic carbocycles. The fraction of sp³-hybridized carbons (Fsp3) is 0.650. The highest BCUT2D eigenvalue weighted by atomic mass is 16.5. The van der Waals surface area contributed by atoms with Crippen LogP contribution in [0.3, 0.4) is 0 Å². The van der Waals surface area contributed by atoms with Crippen LogP contribution in [0.4, 0.5) is 0 Å². The topological polar surface area (TPSA) is 53.0 Å². The number of methoxy groups -OCH3 is 1. The van der Waals surface area contributed by atoms with Crippen molar-refractivity contribution >= 4 is 5.91 Å². The predicted octanol–water partition coefficient (Wildman–Crippen LogP) is 1.58. The monoisotopic (exact) mass is 344 g/mol. The van der Waals surface area contributed by atoms with Crippen molar-refractivity contribution in [2.45, 2.75) is 56.4 Å². The minimum atomic E-state index is -0.316. The number of carbonyl (C=O) groups is 1. The van der Waals surface area contributed by atoms with Crippen molar-refractivity contribution in [3.8, 4) is 0 Å². The molecule has 5 nitrogen and oxygen atoms in total. The lowest BCUT2D eigenvalue weighted by atomic mass is 9.79. The van der Waals surface area contributed by atoms with E-state index in [0.29, 0.717) is 13.0 Å². The number of nitrogens with zero attached hydrogens (tertiary/aromatic N) is 2. The maximum atomic E-state index is 13.0. The van der Waals surface area contributed by atoms with E-state index in [-0.39, 0.29) is 23.7 Å². The highest BCUT2D eigenvalue weighted by Gasteiger charge is 2.52. The van der Waals surface area contributed by atoms with E-state index in [1.54, 1.807) is 7.11 Å². The lowest BCUT2D eigenvalue weighted by Gasteiger charge is -2.42. The Kier molecular flexibility index (Phi) is 4.56. The van der Waals surface area contributed by atoms with Crippen LogP contribution in [0.2, 0.25) is 0 Å². The molecule has 4 rings (SSSR count). The molecule has 0 bridgehead atoms. The summed E-state index contributed by atoms with van der Waals surface area (Å²) in [6.07, 6.45) is 3.83. The van der Waals surface area contributed by atoms with Crippen LogP contribution < -0.4 is 0 Å². The Morgan fingerprint density at radius 2 is 2.08 bits per heavy atom. The van der Waals surface area contributed by atoms with Crippen LogP contribution in [0.15, 0.2) is 24.3 Å². The minimum Gasteiger partial charge on any atom is -0.393 e. The third-order valence-corrected chi connectivity index (χ3v) is 6.45. The molecule has 2 fully saturated rings. The summed E-state index contributed by atoms with van der Waals surface area (Å²) in [6, 6.07) is 8.52. The number of aliphatic hydroxyl groups is 1. The van der Waals surface area contributed by atoms with Gasteiger partial charge in [-0.15, -0.1) is 0 Å². The molecular formula is C20H28N2O3. The molecule has 2 heterocycles. The summed E-state index contributed by atoms with van der Waals surface area (Å²) in [5.74, 6) is 0.178. The van der Waals surface area contributed by atoms with Gasteiger partial charge in [0, 0.05) is 26.7 Å². The third kappa shape index (κ3) is 3.09. The molecule has 3 atom stereocenters. The summed E-state index contributed by atoms with van der Waals surface area (Å²) >= 11 is 0. The Bertz CT molecular complexity index is 650. The molecule has 1 saturated carbocycles. The smallest absolute Gasteiger partial charge is 0.237 e. The number of benzene rings is 1. The molecule has 25 heavy (non-hydrogen) atoms. The van der Waals surface area contributed by atoms with Crippen LogP contribution in [-0.4, -0.2) is 65.3 Å². The second-order valence-corrected chi connectivity index (χ2v) is 7.78. The van der Waals surface area contributed by atoms with E-state index in [9.17, 15) is 9.90 Å². The predicted molar refractivity (Wildman–Crippen MR) is 95.1 cm³/mol. The van der Waals surface area contributed by atoms with E-state index < -0.39 is 0 Å².